The molecule has 0 unspecified atom stereocenters. The van der Waals surface area contributed by atoms with E-state index in [2.05, 4.69) is 18.8 Å². The molecule has 4 heteroatoms. The molecule has 1 heterocycles. The van der Waals surface area contributed by atoms with Gasteiger partial charge in [0.25, 0.3) is 0 Å². The molecule has 0 atom stereocenters. The van der Waals surface area contributed by atoms with Crippen molar-refractivity contribution >= 4 is 23.2 Å². The number of hydrogen-bond donors (Lipinski definition) is 0. The summed E-state index contributed by atoms with van der Waals surface area (Å²) in [6.07, 6.45) is 0. The Labute approximate surface area is 82.5 Å². The quantitative estimate of drug-likeness (QED) is 0.728. The Balaban J connectivity index is 2.97. The SMILES string of the molecule is Cc1nc(Cl)c(Cl)n1CC(C)C. The van der Waals surface area contributed by atoms with E-state index >= 15 is 0 Å². The summed E-state index contributed by atoms with van der Waals surface area (Å²) < 4.78 is 1.93. The van der Waals surface area contributed by atoms with Gasteiger partial charge in [-0.2, -0.15) is 0 Å². The van der Waals surface area contributed by atoms with E-state index in [1.54, 1.807) is 0 Å². The molecule has 1 aromatic rings. The summed E-state index contributed by atoms with van der Waals surface area (Å²) in [5, 5.41) is 0.942. The van der Waals surface area contributed by atoms with Gasteiger partial charge in [0, 0.05) is 6.54 Å². The lowest BCUT2D eigenvalue weighted by atomic mass is 10.2. The fourth-order valence-electron chi connectivity index (χ4n) is 1.08. The lowest BCUT2D eigenvalue weighted by Crippen LogP contribution is -2.06. The standard InChI is InChI=1S/C8H12Cl2N2/c1-5(2)4-12-6(3)11-7(9)8(12)10/h5H,4H2,1-3H3. The number of halogens is 2. The number of imidazole rings is 1. The molecule has 0 saturated carbocycles. The fraction of sp³-hybridized carbons (Fsp3) is 0.625. The maximum atomic E-state index is 5.93. The van der Waals surface area contributed by atoms with Crippen LogP contribution in [0, 0.1) is 12.8 Å². The molecule has 68 valence electrons. The number of nitrogens with zero attached hydrogens (tertiary/aromatic N) is 2. The second kappa shape index (κ2) is 3.67. The molecule has 0 spiro atoms. The van der Waals surface area contributed by atoms with Crippen LogP contribution in [0.3, 0.4) is 0 Å². The van der Waals surface area contributed by atoms with E-state index < -0.39 is 0 Å². The molecule has 0 N–H and O–H groups in total. The second-order valence-electron chi connectivity index (χ2n) is 3.25. The van der Waals surface area contributed by atoms with Crippen LogP contribution < -0.4 is 0 Å². The zero-order valence-electron chi connectivity index (χ0n) is 7.43. The second-order valence-corrected chi connectivity index (χ2v) is 3.96. The summed E-state index contributed by atoms with van der Waals surface area (Å²) in [7, 11) is 0. The minimum absolute atomic E-state index is 0.398. The Morgan fingerprint density at radius 3 is 2.33 bits per heavy atom. The van der Waals surface area contributed by atoms with Crippen LogP contribution in [-0.2, 0) is 6.54 Å². The van der Waals surface area contributed by atoms with Gasteiger partial charge in [-0.1, -0.05) is 37.0 Å². The summed E-state index contributed by atoms with van der Waals surface area (Å²) in [5.74, 6) is 1.42. The van der Waals surface area contributed by atoms with Gasteiger partial charge in [0.2, 0.25) is 0 Å². The first-order valence-electron chi connectivity index (χ1n) is 3.90. The first kappa shape index (κ1) is 9.87. The topological polar surface area (TPSA) is 17.8 Å². The summed E-state index contributed by atoms with van der Waals surface area (Å²) in [6, 6.07) is 0. The van der Waals surface area contributed by atoms with Crippen LogP contribution in [0.25, 0.3) is 0 Å². The van der Waals surface area contributed by atoms with Gasteiger partial charge < -0.3 is 4.57 Å². The minimum atomic E-state index is 0.398. The smallest absolute Gasteiger partial charge is 0.166 e. The summed E-state index contributed by atoms with van der Waals surface area (Å²) in [5.41, 5.74) is 0. The monoisotopic (exact) mass is 206 g/mol. The lowest BCUT2D eigenvalue weighted by molar-refractivity contribution is 0.514. The molecule has 1 rings (SSSR count). The predicted octanol–water partition coefficient (Wildman–Crippen LogP) is 3.15. The third-order valence-electron chi connectivity index (χ3n) is 1.61. The molecule has 12 heavy (non-hydrogen) atoms. The number of hydrogen-bond acceptors (Lipinski definition) is 1. The summed E-state index contributed by atoms with van der Waals surface area (Å²) in [6.45, 7) is 7.03. The van der Waals surface area contributed by atoms with Crippen LogP contribution in [0.1, 0.15) is 19.7 Å². The molecule has 0 aliphatic rings. The molecule has 0 fully saturated rings. The van der Waals surface area contributed by atoms with Gasteiger partial charge in [-0.15, -0.1) is 0 Å². The van der Waals surface area contributed by atoms with Gasteiger partial charge in [-0.05, 0) is 12.8 Å². The zero-order chi connectivity index (χ0) is 9.30. The maximum Gasteiger partial charge on any atom is 0.166 e. The van der Waals surface area contributed by atoms with Gasteiger partial charge in [-0.3, -0.25) is 0 Å². The number of aromatic nitrogens is 2. The molecule has 0 aromatic carbocycles. The normalized spacial score (nSPS) is 11.2. The molecular weight excluding hydrogens is 195 g/mol. The molecule has 0 amide bonds. The van der Waals surface area contributed by atoms with E-state index in [1.807, 2.05) is 11.5 Å². The zero-order valence-corrected chi connectivity index (χ0v) is 8.95. The predicted molar refractivity (Wildman–Crippen MR) is 51.8 cm³/mol. The van der Waals surface area contributed by atoms with Crippen molar-refractivity contribution in [1.29, 1.82) is 0 Å². The molecule has 0 aliphatic heterocycles. The van der Waals surface area contributed by atoms with Gasteiger partial charge in [-0.25, -0.2) is 4.98 Å². The Kier molecular flexibility index (Phi) is 3.02. The van der Waals surface area contributed by atoms with Gasteiger partial charge in [0.05, 0.1) is 0 Å². The largest absolute Gasteiger partial charge is 0.318 e. The van der Waals surface area contributed by atoms with Gasteiger partial charge in [0.1, 0.15) is 11.0 Å². The van der Waals surface area contributed by atoms with Crippen LogP contribution in [0.2, 0.25) is 10.3 Å². The Bertz CT molecular complexity index is 279. The van der Waals surface area contributed by atoms with Crippen LogP contribution >= 0.6 is 23.2 Å². The highest BCUT2D eigenvalue weighted by molar-refractivity contribution is 6.40. The summed E-state index contributed by atoms with van der Waals surface area (Å²) >= 11 is 11.7. The van der Waals surface area contributed by atoms with Crippen LogP contribution in [-0.4, -0.2) is 9.55 Å². The first-order valence-corrected chi connectivity index (χ1v) is 4.66. The minimum Gasteiger partial charge on any atom is -0.318 e. The molecule has 0 radical (unpaired) electrons. The molecule has 0 aliphatic carbocycles. The fourth-order valence-corrected chi connectivity index (χ4v) is 1.54. The van der Waals surface area contributed by atoms with Crippen molar-refractivity contribution in [3.63, 3.8) is 0 Å². The van der Waals surface area contributed by atoms with Crippen molar-refractivity contribution in [3.8, 4) is 0 Å². The van der Waals surface area contributed by atoms with E-state index in [-0.39, 0.29) is 0 Å². The van der Waals surface area contributed by atoms with Crippen molar-refractivity contribution in [2.24, 2.45) is 5.92 Å². The highest BCUT2D eigenvalue weighted by Crippen LogP contribution is 2.23. The summed E-state index contributed by atoms with van der Waals surface area (Å²) in [4.78, 5) is 4.06. The van der Waals surface area contributed by atoms with E-state index in [0.717, 1.165) is 12.4 Å². The highest BCUT2D eigenvalue weighted by atomic mass is 35.5. The highest BCUT2D eigenvalue weighted by Gasteiger charge is 2.10. The number of rotatable bonds is 2. The molecule has 0 saturated heterocycles. The van der Waals surface area contributed by atoms with Crippen molar-refractivity contribution in [3.05, 3.63) is 16.1 Å². The third kappa shape index (κ3) is 1.93. The Morgan fingerprint density at radius 1 is 1.42 bits per heavy atom. The lowest BCUT2D eigenvalue weighted by Gasteiger charge is -2.08. The molecule has 0 bridgehead atoms. The van der Waals surface area contributed by atoms with Crippen molar-refractivity contribution in [2.75, 3.05) is 0 Å². The molecule has 2 nitrogen and oxygen atoms in total. The van der Waals surface area contributed by atoms with Crippen LogP contribution in [0.4, 0.5) is 0 Å². The van der Waals surface area contributed by atoms with Gasteiger partial charge in [0.15, 0.2) is 5.15 Å². The Hall–Kier alpha value is -0.210. The third-order valence-corrected chi connectivity index (χ3v) is 2.35. The maximum absolute atomic E-state index is 5.93. The first-order chi connectivity index (χ1) is 5.52. The van der Waals surface area contributed by atoms with E-state index in [1.165, 1.54) is 0 Å². The molecule has 1 aromatic heterocycles. The van der Waals surface area contributed by atoms with Crippen LogP contribution in [0.5, 0.6) is 0 Å². The van der Waals surface area contributed by atoms with E-state index in [0.29, 0.717) is 16.2 Å². The molecular formula is C8H12Cl2N2. The average Bonchev–Trinajstić information content (AvgIpc) is 2.16. The van der Waals surface area contributed by atoms with E-state index in [4.69, 9.17) is 23.2 Å². The van der Waals surface area contributed by atoms with Crippen molar-refractivity contribution < 1.29 is 0 Å². The van der Waals surface area contributed by atoms with Crippen LogP contribution in [0.15, 0.2) is 0 Å². The van der Waals surface area contributed by atoms with E-state index in [9.17, 15) is 0 Å². The average molecular weight is 207 g/mol. The van der Waals surface area contributed by atoms with Crippen molar-refractivity contribution in [2.45, 2.75) is 27.3 Å². The van der Waals surface area contributed by atoms with Crippen molar-refractivity contribution in [1.82, 2.24) is 9.55 Å². The Morgan fingerprint density at radius 2 is 2.00 bits per heavy atom. The number of aryl methyl sites for hydroxylation is 1. The van der Waals surface area contributed by atoms with Gasteiger partial charge >= 0.3 is 0 Å².